The topological polar surface area (TPSA) is 52.7 Å². The van der Waals surface area contributed by atoms with Gasteiger partial charge < -0.3 is 10.2 Å². The van der Waals surface area contributed by atoms with Crippen molar-refractivity contribution in [3.8, 4) is 0 Å². The van der Waals surface area contributed by atoms with Crippen LogP contribution in [0.25, 0.3) is 0 Å². The molecule has 0 aliphatic carbocycles. The number of carbonyl (C=O) groups is 2. The van der Waals surface area contributed by atoms with Gasteiger partial charge in [0.15, 0.2) is 0 Å². The largest absolute Gasteiger partial charge is 0.354 e. The number of hydrogen-bond acceptors (Lipinski definition) is 4. The third kappa shape index (κ3) is 4.23. The summed E-state index contributed by atoms with van der Waals surface area (Å²) in [5.41, 5.74) is 1.31. The number of rotatable bonds is 4. The maximum absolute atomic E-state index is 12.9. The van der Waals surface area contributed by atoms with Crippen molar-refractivity contribution < 1.29 is 9.59 Å². The van der Waals surface area contributed by atoms with E-state index in [2.05, 4.69) is 21.7 Å². The molecule has 0 bridgehead atoms. The second kappa shape index (κ2) is 7.87. The molecule has 2 amide bonds. The smallest absolute Gasteiger partial charge is 0.239 e. The third-order valence-electron chi connectivity index (χ3n) is 5.36. The van der Waals surface area contributed by atoms with E-state index in [0.717, 1.165) is 45.4 Å². The van der Waals surface area contributed by atoms with E-state index in [1.54, 1.807) is 11.3 Å². The van der Waals surface area contributed by atoms with Crippen LogP contribution in [0, 0.1) is 5.92 Å². The molecule has 1 saturated heterocycles. The Hall–Kier alpha value is -1.40. The molecule has 0 radical (unpaired) electrons. The predicted molar refractivity (Wildman–Crippen MR) is 100 cm³/mol. The number of nitrogens with zero attached hydrogens (tertiary/aromatic N) is 2. The van der Waals surface area contributed by atoms with Crippen molar-refractivity contribution in [2.24, 2.45) is 5.92 Å². The molecule has 6 heteroatoms. The summed E-state index contributed by atoms with van der Waals surface area (Å²) in [5.74, 6) is 0.473. The molecule has 1 aromatic heterocycles. The fraction of sp³-hybridized carbons (Fsp3) is 0.684. The first kappa shape index (κ1) is 18.4. The van der Waals surface area contributed by atoms with Crippen LogP contribution in [0.4, 0.5) is 0 Å². The van der Waals surface area contributed by atoms with Gasteiger partial charge >= 0.3 is 0 Å². The van der Waals surface area contributed by atoms with E-state index >= 15 is 0 Å². The van der Waals surface area contributed by atoms with Crippen molar-refractivity contribution in [1.82, 2.24) is 15.1 Å². The maximum Gasteiger partial charge on any atom is 0.239 e. The molecule has 138 valence electrons. The molecule has 2 aliphatic heterocycles. The lowest BCUT2D eigenvalue weighted by molar-refractivity contribution is -0.138. The van der Waals surface area contributed by atoms with Gasteiger partial charge in [-0.1, -0.05) is 0 Å². The highest BCUT2D eigenvalue weighted by molar-refractivity contribution is 7.10. The minimum Gasteiger partial charge on any atom is -0.354 e. The Morgan fingerprint density at radius 1 is 1.20 bits per heavy atom. The first-order valence-corrected chi connectivity index (χ1v) is 10.2. The van der Waals surface area contributed by atoms with E-state index in [1.807, 2.05) is 25.7 Å². The van der Waals surface area contributed by atoms with Gasteiger partial charge in [0, 0.05) is 29.9 Å². The highest BCUT2D eigenvalue weighted by Gasteiger charge is 2.32. The van der Waals surface area contributed by atoms with Crippen molar-refractivity contribution >= 4 is 23.2 Å². The van der Waals surface area contributed by atoms with Gasteiger partial charge in [-0.05, 0) is 70.1 Å². The molecule has 0 unspecified atom stereocenters. The molecule has 1 aromatic rings. The van der Waals surface area contributed by atoms with Crippen molar-refractivity contribution in [2.45, 2.75) is 58.7 Å². The van der Waals surface area contributed by atoms with Gasteiger partial charge in [-0.15, -0.1) is 11.3 Å². The minimum absolute atomic E-state index is 0.0873. The van der Waals surface area contributed by atoms with E-state index < -0.39 is 0 Å². The number of amides is 2. The zero-order valence-electron chi connectivity index (χ0n) is 15.5. The number of piperidine rings is 1. The normalized spacial score (nSPS) is 20.4. The van der Waals surface area contributed by atoms with Crippen LogP contribution in [-0.2, 0) is 22.6 Å². The van der Waals surface area contributed by atoms with Crippen LogP contribution >= 0.6 is 11.3 Å². The van der Waals surface area contributed by atoms with Gasteiger partial charge in [0.25, 0.3) is 0 Å². The number of nitrogens with one attached hydrogen (secondary N) is 1. The van der Waals surface area contributed by atoms with E-state index in [9.17, 15) is 9.59 Å². The molecule has 0 saturated carbocycles. The summed E-state index contributed by atoms with van der Waals surface area (Å²) in [7, 11) is 0. The average Bonchev–Trinajstić information content (AvgIpc) is 3.07. The lowest BCUT2D eigenvalue weighted by atomic mass is 9.94. The minimum atomic E-state index is -0.103. The molecule has 1 atom stereocenters. The second-order valence-corrected chi connectivity index (χ2v) is 8.53. The van der Waals surface area contributed by atoms with Crippen molar-refractivity contribution in [3.63, 3.8) is 0 Å². The van der Waals surface area contributed by atoms with Gasteiger partial charge in [-0.25, -0.2) is 0 Å². The first-order chi connectivity index (χ1) is 12.0. The molecule has 1 N–H and O–H groups in total. The van der Waals surface area contributed by atoms with E-state index in [4.69, 9.17) is 0 Å². The number of hydrogen-bond donors (Lipinski definition) is 1. The average molecular weight is 364 g/mol. The summed E-state index contributed by atoms with van der Waals surface area (Å²) in [5, 5.41) is 5.13. The molecule has 0 spiro atoms. The van der Waals surface area contributed by atoms with Crippen LogP contribution in [-0.4, -0.2) is 53.3 Å². The number of likely N-dealkylation sites (tertiary alicyclic amines) is 1. The molecule has 1 fully saturated rings. The number of thiophene rings is 1. The lowest BCUT2D eigenvalue weighted by Crippen LogP contribution is -2.51. The lowest BCUT2D eigenvalue weighted by Gasteiger charge is -2.38. The summed E-state index contributed by atoms with van der Waals surface area (Å²) in [6, 6.07) is 2.23. The Kier molecular flexibility index (Phi) is 5.79. The van der Waals surface area contributed by atoms with Crippen LogP contribution < -0.4 is 5.32 Å². The maximum atomic E-state index is 12.9. The van der Waals surface area contributed by atoms with E-state index in [-0.39, 0.29) is 29.8 Å². The van der Waals surface area contributed by atoms with Gasteiger partial charge in [-0.2, -0.15) is 0 Å². The fourth-order valence-electron chi connectivity index (χ4n) is 3.81. The molecule has 3 rings (SSSR count). The van der Waals surface area contributed by atoms with Crippen LogP contribution in [0.1, 0.15) is 44.1 Å². The molecule has 2 aliphatic rings. The summed E-state index contributed by atoms with van der Waals surface area (Å²) in [4.78, 5) is 30.7. The Bertz CT molecular complexity index is 620. The van der Waals surface area contributed by atoms with Gasteiger partial charge in [-0.3, -0.25) is 14.5 Å². The SMILES string of the molecule is CC(C)NC(=O)C1CCN([C@H](C)C(=O)N2CCc3sccc3C2)CC1. The molecular weight excluding hydrogens is 334 g/mol. The van der Waals surface area contributed by atoms with E-state index in [0.29, 0.717) is 0 Å². The first-order valence-electron chi connectivity index (χ1n) is 9.34. The Morgan fingerprint density at radius 2 is 1.92 bits per heavy atom. The summed E-state index contributed by atoms with van der Waals surface area (Å²) in [6.45, 7) is 9.21. The Labute approximate surface area is 154 Å². The molecule has 25 heavy (non-hydrogen) atoms. The molecule has 3 heterocycles. The number of fused-ring (bicyclic) bond motifs is 1. The van der Waals surface area contributed by atoms with Crippen LogP contribution in [0.3, 0.4) is 0 Å². The van der Waals surface area contributed by atoms with Crippen molar-refractivity contribution in [2.75, 3.05) is 19.6 Å². The van der Waals surface area contributed by atoms with Crippen molar-refractivity contribution in [3.05, 3.63) is 21.9 Å². The molecule has 0 aromatic carbocycles. The van der Waals surface area contributed by atoms with Crippen LogP contribution in [0.15, 0.2) is 11.4 Å². The summed E-state index contributed by atoms with van der Waals surface area (Å²) in [6.07, 6.45) is 2.65. The summed E-state index contributed by atoms with van der Waals surface area (Å²) < 4.78 is 0. The third-order valence-corrected chi connectivity index (χ3v) is 6.38. The Morgan fingerprint density at radius 3 is 2.60 bits per heavy atom. The standard InChI is InChI=1S/C19H29N3O2S/c1-13(2)20-18(23)15-4-8-21(9-5-15)14(3)19(24)22-10-6-17-16(12-22)7-11-25-17/h7,11,13-15H,4-6,8-10,12H2,1-3H3,(H,20,23)/t14-/m1/s1. The molecule has 5 nitrogen and oxygen atoms in total. The predicted octanol–water partition coefficient (Wildman–Crippen LogP) is 2.26. The zero-order valence-corrected chi connectivity index (χ0v) is 16.3. The second-order valence-electron chi connectivity index (χ2n) is 7.53. The summed E-state index contributed by atoms with van der Waals surface area (Å²) >= 11 is 1.80. The zero-order chi connectivity index (χ0) is 18.0. The molecular formula is C19H29N3O2S. The Balaban J connectivity index is 1.51. The highest BCUT2D eigenvalue weighted by Crippen LogP contribution is 2.26. The highest BCUT2D eigenvalue weighted by atomic mass is 32.1. The van der Waals surface area contributed by atoms with Crippen LogP contribution in [0.2, 0.25) is 0 Å². The van der Waals surface area contributed by atoms with Crippen molar-refractivity contribution in [1.29, 1.82) is 0 Å². The van der Waals surface area contributed by atoms with E-state index in [1.165, 1.54) is 10.4 Å². The quantitative estimate of drug-likeness (QED) is 0.893. The monoisotopic (exact) mass is 363 g/mol. The van der Waals surface area contributed by atoms with Gasteiger partial charge in [0.2, 0.25) is 11.8 Å². The van der Waals surface area contributed by atoms with Crippen LogP contribution in [0.5, 0.6) is 0 Å². The van der Waals surface area contributed by atoms with Gasteiger partial charge in [0.05, 0.1) is 6.04 Å². The van der Waals surface area contributed by atoms with Gasteiger partial charge in [0.1, 0.15) is 0 Å². The number of carbonyl (C=O) groups excluding carboxylic acids is 2. The fourth-order valence-corrected chi connectivity index (χ4v) is 4.70.